The molecule has 2 heterocycles. The molecule has 0 bridgehead atoms. The number of imidazole rings is 1. The van der Waals surface area contributed by atoms with Crippen molar-refractivity contribution in [1.29, 1.82) is 0 Å². The van der Waals surface area contributed by atoms with Crippen LogP contribution in [0.3, 0.4) is 0 Å². The minimum absolute atomic E-state index is 0.621. The van der Waals surface area contributed by atoms with Crippen molar-refractivity contribution in [2.75, 3.05) is 6.26 Å². The molecule has 0 aliphatic heterocycles. The summed E-state index contributed by atoms with van der Waals surface area (Å²) >= 11 is 0. The molecule has 4 nitrogen and oxygen atoms in total. The van der Waals surface area contributed by atoms with Crippen LogP contribution in [-0.4, -0.2) is 24.6 Å². The molecule has 0 aliphatic rings. The Kier molecular flexibility index (Phi) is 3.78. The number of rotatable bonds is 5. The molecule has 1 unspecified atom stereocenters. The first-order chi connectivity index (χ1) is 8.20. The van der Waals surface area contributed by atoms with Crippen LogP contribution in [0.5, 0.6) is 0 Å². The van der Waals surface area contributed by atoms with Crippen LogP contribution >= 0.6 is 0 Å². The largest absolute Gasteiger partial charge is 0.336 e. The molecule has 0 spiro atoms. The lowest BCUT2D eigenvalue weighted by Crippen LogP contribution is -2.09. The summed E-state index contributed by atoms with van der Waals surface area (Å²) < 4.78 is 15.4. The second-order valence-electron chi connectivity index (χ2n) is 4.06. The molecule has 0 amide bonds. The Morgan fingerprint density at radius 1 is 1.41 bits per heavy atom. The fraction of sp³-hybridized carbons (Fsp3) is 0.417. The van der Waals surface area contributed by atoms with Crippen LogP contribution < -0.4 is 0 Å². The van der Waals surface area contributed by atoms with Gasteiger partial charge in [-0.3, -0.25) is 4.21 Å². The van der Waals surface area contributed by atoms with E-state index in [2.05, 4.69) is 28.7 Å². The second-order valence-corrected chi connectivity index (χ2v) is 5.33. The molecule has 17 heavy (non-hydrogen) atoms. The summed E-state index contributed by atoms with van der Waals surface area (Å²) in [6, 6.07) is 2.13. The van der Waals surface area contributed by atoms with Gasteiger partial charge >= 0.3 is 0 Å². The van der Waals surface area contributed by atoms with E-state index in [4.69, 9.17) is 0 Å². The number of hydrogen-bond acceptors (Lipinski definition) is 2. The summed E-state index contributed by atoms with van der Waals surface area (Å²) in [5.41, 5.74) is 1.34. The average molecular weight is 251 g/mol. The van der Waals surface area contributed by atoms with E-state index in [0.29, 0.717) is 11.8 Å². The van der Waals surface area contributed by atoms with Crippen molar-refractivity contribution in [3.63, 3.8) is 0 Å². The summed E-state index contributed by atoms with van der Waals surface area (Å²) in [5.74, 6) is 0. The zero-order valence-electron chi connectivity index (χ0n) is 10.2. The molecule has 0 fully saturated rings. The molecular formula is C12H17N3OS. The summed E-state index contributed by atoms with van der Waals surface area (Å²) in [4.78, 5) is 4.10. The summed E-state index contributed by atoms with van der Waals surface area (Å²) in [5, 5.41) is 0.621. The minimum atomic E-state index is -1.04. The van der Waals surface area contributed by atoms with E-state index >= 15 is 0 Å². The van der Waals surface area contributed by atoms with Gasteiger partial charge in [-0.15, -0.1) is 0 Å². The highest BCUT2D eigenvalue weighted by atomic mass is 32.2. The third kappa shape index (κ3) is 2.85. The Balaban J connectivity index is 2.14. The summed E-state index contributed by atoms with van der Waals surface area (Å²) in [6.45, 7) is 2.84. The summed E-state index contributed by atoms with van der Waals surface area (Å²) in [7, 11) is -1.04. The normalized spacial score (nSPS) is 12.8. The SMILES string of the molecule is CCCc1ccn(Cn2ccnc2S(C)=O)c1. The van der Waals surface area contributed by atoms with E-state index in [0.717, 1.165) is 12.8 Å². The van der Waals surface area contributed by atoms with Crippen LogP contribution in [-0.2, 0) is 23.9 Å². The molecule has 2 aromatic rings. The standard InChI is InChI=1S/C12H17N3OS/c1-3-4-11-5-7-14(9-11)10-15-8-6-13-12(15)17(2)16/h5-9H,3-4,10H2,1-2H3. The molecule has 0 N–H and O–H groups in total. The van der Waals surface area contributed by atoms with Crippen molar-refractivity contribution in [2.45, 2.75) is 31.6 Å². The quantitative estimate of drug-likeness (QED) is 0.814. The number of aromatic nitrogens is 3. The first-order valence-corrected chi connectivity index (χ1v) is 7.25. The van der Waals surface area contributed by atoms with Crippen LogP contribution in [0, 0.1) is 0 Å². The molecule has 2 aromatic heterocycles. The minimum Gasteiger partial charge on any atom is -0.336 e. The van der Waals surface area contributed by atoms with Crippen LogP contribution in [0.25, 0.3) is 0 Å². The van der Waals surface area contributed by atoms with Gasteiger partial charge in [0.15, 0.2) is 5.16 Å². The van der Waals surface area contributed by atoms with Crippen LogP contribution in [0.2, 0.25) is 0 Å². The second kappa shape index (κ2) is 5.31. The van der Waals surface area contributed by atoms with E-state index in [1.54, 1.807) is 12.5 Å². The third-order valence-electron chi connectivity index (χ3n) is 2.60. The van der Waals surface area contributed by atoms with Gasteiger partial charge < -0.3 is 9.13 Å². The van der Waals surface area contributed by atoms with Crippen molar-refractivity contribution in [3.05, 3.63) is 36.4 Å². The highest BCUT2D eigenvalue weighted by molar-refractivity contribution is 7.84. The zero-order valence-corrected chi connectivity index (χ0v) is 11.0. The van der Waals surface area contributed by atoms with Gasteiger partial charge in [-0.1, -0.05) is 13.3 Å². The smallest absolute Gasteiger partial charge is 0.200 e. The van der Waals surface area contributed by atoms with Gasteiger partial charge in [0.2, 0.25) is 0 Å². The predicted molar refractivity (Wildman–Crippen MR) is 68.4 cm³/mol. The van der Waals surface area contributed by atoms with Gasteiger partial charge in [0.25, 0.3) is 0 Å². The zero-order chi connectivity index (χ0) is 12.3. The van der Waals surface area contributed by atoms with Crippen molar-refractivity contribution < 1.29 is 4.21 Å². The molecule has 92 valence electrons. The molecule has 0 aliphatic carbocycles. The Bertz CT molecular complexity index is 515. The Hall–Kier alpha value is -1.36. The van der Waals surface area contributed by atoms with Crippen molar-refractivity contribution >= 4 is 10.8 Å². The van der Waals surface area contributed by atoms with Crippen molar-refractivity contribution in [1.82, 2.24) is 14.1 Å². The van der Waals surface area contributed by atoms with E-state index < -0.39 is 10.8 Å². The van der Waals surface area contributed by atoms with Crippen molar-refractivity contribution in [2.24, 2.45) is 0 Å². The van der Waals surface area contributed by atoms with Gasteiger partial charge in [-0.2, -0.15) is 0 Å². The molecule has 5 heteroatoms. The first kappa shape index (κ1) is 12.1. The van der Waals surface area contributed by atoms with Gasteiger partial charge in [0.05, 0.1) is 10.8 Å². The molecular weight excluding hydrogens is 234 g/mol. The maximum atomic E-state index is 11.4. The monoisotopic (exact) mass is 251 g/mol. The van der Waals surface area contributed by atoms with E-state index in [9.17, 15) is 4.21 Å². The number of aryl methyl sites for hydroxylation is 1. The molecule has 0 radical (unpaired) electrons. The van der Waals surface area contributed by atoms with Gasteiger partial charge in [-0.25, -0.2) is 4.98 Å². The average Bonchev–Trinajstić information content (AvgIpc) is 2.89. The van der Waals surface area contributed by atoms with Crippen LogP contribution in [0.1, 0.15) is 18.9 Å². The first-order valence-electron chi connectivity index (χ1n) is 5.70. The maximum absolute atomic E-state index is 11.4. The van der Waals surface area contributed by atoms with E-state index in [1.807, 2.05) is 17.0 Å². The van der Waals surface area contributed by atoms with Gasteiger partial charge in [0, 0.05) is 31.0 Å². The third-order valence-corrected chi connectivity index (χ3v) is 3.45. The van der Waals surface area contributed by atoms with Crippen LogP contribution in [0.15, 0.2) is 36.0 Å². The highest BCUT2D eigenvalue weighted by Crippen LogP contribution is 2.07. The molecule has 1 atom stereocenters. The van der Waals surface area contributed by atoms with E-state index in [1.165, 1.54) is 5.56 Å². The molecule has 0 saturated carbocycles. The van der Waals surface area contributed by atoms with E-state index in [-0.39, 0.29) is 0 Å². The van der Waals surface area contributed by atoms with Gasteiger partial charge in [0.1, 0.15) is 6.67 Å². The Morgan fingerprint density at radius 3 is 2.94 bits per heavy atom. The molecule has 2 rings (SSSR count). The predicted octanol–water partition coefficient (Wildman–Crippen LogP) is 1.88. The Morgan fingerprint density at radius 2 is 2.24 bits per heavy atom. The fourth-order valence-corrected chi connectivity index (χ4v) is 2.51. The lowest BCUT2D eigenvalue weighted by atomic mass is 10.2. The van der Waals surface area contributed by atoms with Crippen molar-refractivity contribution in [3.8, 4) is 0 Å². The lowest BCUT2D eigenvalue weighted by molar-refractivity contribution is 0.557. The van der Waals surface area contributed by atoms with Crippen LogP contribution in [0.4, 0.5) is 0 Å². The fourth-order valence-electron chi connectivity index (χ4n) is 1.85. The van der Waals surface area contributed by atoms with Gasteiger partial charge in [-0.05, 0) is 18.1 Å². The topological polar surface area (TPSA) is 39.8 Å². The number of hydrogen-bond donors (Lipinski definition) is 0. The number of nitrogens with zero attached hydrogens (tertiary/aromatic N) is 3. The molecule has 0 saturated heterocycles. The highest BCUT2D eigenvalue weighted by Gasteiger charge is 2.06. The summed E-state index contributed by atoms with van der Waals surface area (Å²) in [6.07, 6.45) is 11.6. The maximum Gasteiger partial charge on any atom is 0.200 e. The Labute approximate surface area is 104 Å². The molecule has 0 aromatic carbocycles. The lowest BCUT2D eigenvalue weighted by Gasteiger charge is -2.06.